The van der Waals surface area contributed by atoms with Gasteiger partial charge in [-0.15, -0.1) is 11.3 Å². The molecule has 0 saturated heterocycles. The zero-order chi connectivity index (χ0) is 38.2. The fourth-order valence-corrected chi connectivity index (χ4v) is 9.71. The minimum atomic E-state index is 0.704. The Hall–Kier alpha value is -7.47. The molecule has 0 N–H and O–H groups in total. The van der Waals surface area contributed by atoms with Crippen molar-refractivity contribution in [2.75, 3.05) is 0 Å². The highest BCUT2D eigenvalue weighted by Crippen LogP contribution is 2.43. The van der Waals surface area contributed by atoms with Gasteiger partial charge in [-0.05, 0) is 59.7 Å². The number of para-hydroxylation sites is 1. The van der Waals surface area contributed by atoms with E-state index in [1.807, 2.05) is 47.7 Å². The molecule has 4 nitrogen and oxygen atoms in total. The van der Waals surface area contributed by atoms with Crippen molar-refractivity contribution in [3.05, 3.63) is 188 Å². The second-order valence-corrected chi connectivity index (χ2v) is 15.8. The predicted octanol–water partition coefficient (Wildman–Crippen LogP) is 14.8. The topological polar surface area (TPSA) is 51.8 Å². The van der Waals surface area contributed by atoms with Gasteiger partial charge in [-0.1, -0.05) is 140 Å². The van der Waals surface area contributed by atoms with Gasteiger partial charge in [0.15, 0.2) is 5.82 Å². The first-order chi connectivity index (χ1) is 28.7. The zero-order valence-corrected chi connectivity index (χ0v) is 31.9. The van der Waals surface area contributed by atoms with Crippen LogP contribution in [0.5, 0.6) is 0 Å². The van der Waals surface area contributed by atoms with Crippen molar-refractivity contribution < 1.29 is 4.42 Å². The number of pyridine rings is 1. The highest BCUT2D eigenvalue weighted by Gasteiger charge is 2.19. The SMILES string of the molecule is c1ccc(-c2nc(-c3ccc(-c4ccc5nc(-c6ccccc6)c6ccc7oc8ccccc8c7c6c5c4)cc3)cc(-c3cccc4sc5ccccc5c34)n2)cc1. The van der Waals surface area contributed by atoms with Crippen LogP contribution in [0.1, 0.15) is 0 Å². The van der Waals surface area contributed by atoms with Gasteiger partial charge in [0.1, 0.15) is 11.2 Å². The number of thiophene rings is 1. The molecule has 5 heteroatoms. The number of fused-ring (bicyclic) bond motifs is 10. The summed E-state index contributed by atoms with van der Waals surface area (Å²) >= 11 is 1.82. The number of hydrogen-bond donors (Lipinski definition) is 0. The maximum atomic E-state index is 6.40. The van der Waals surface area contributed by atoms with Gasteiger partial charge in [0.05, 0.1) is 22.6 Å². The van der Waals surface area contributed by atoms with Crippen molar-refractivity contribution >= 4 is 75.1 Å². The summed E-state index contributed by atoms with van der Waals surface area (Å²) in [6.07, 6.45) is 0. The largest absolute Gasteiger partial charge is 0.456 e. The summed E-state index contributed by atoms with van der Waals surface area (Å²) in [7, 11) is 0. The highest BCUT2D eigenvalue weighted by atomic mass is 32.1. The van der Waals surface area contributed by atoms with Gasteiger partial charge in [0, 0.05) is 69.4 Å². The van der Waals surface area contributed by atoms with E-state index in [4.69, 9.17) is 19.4 Å². The number of nitrogens with zero attached hydrogens (tertiary/aromatic N) is 3. The molecule has 8 aromatic carbocycles. The Balaban J connectivity index is 1.02. The average Bonchev–Trinajstić information content (AvgIpc) is 3.88. The molecule has 4 aromatic heterocycles. The van der Waals surface area contributed by atoms with Crippen LogP contribution in [0.3, 0.4) is 0 Å². The van der Waals surface area contributed by atoms with Crippen molar-refractivity contribution in [2.24, 2.45) is 0 Å². The second-order valence-electron chi connectivity index (χ2n) is 14.7. The lowest BCUT2D eigenvalue weighted by atomic mass is 9.94. The van der Waals surface area contributed by atoms with Crippen LogP contribution in [0.25, 0.3) is 120 Å². The van der Waals surface area contributed by atoms with Crippen LogP contribution in [0, 0.1) is 0 Å². The van der Waals surface area contributed by atoms with Gasteiger partial charge >= 0.3 is 0 Å². The van der Waals surface area contributed by atoms with Crippen LogP contribution in [0.15, 0.2) is 192 Å². The molecule has 4 heterocycles. The zero-order valence-electron chi connectivity index (χ0n) is 31.1. The normalized spacial score (nSPS) is 11.8. The smallest absolute Gasteiger partial charge is 0.160 e. The Morgan fingerprint density at radius 3 is 1.90 bits per heavy atom. The third kappa shape index (κ3) is 5.25. The van der Waals surface area contributed by atoms with Crippen LogP contribution in [-0.4, -0.2) is 15.0 Å². The summed E-state index contributed by atoms with van der Waals surface area (Å²) in [5.74, 6) is 0.704. The lowest BCUT2D eigenvalue weighted by molar-refractivity contribution is 0.669. The molecule has 0 amide bonds. The molecule has 0 aliphatic carbocycles. The monoisotopic (exact) mass is 757 g/mol. The Morgan fingerprint density at radius 2 is 1.05 bits per heavy atom. The summed E-state index contributed by atoms with van der Waals surface area (Å²) in [5, 5.41) is 8.05. The average molecular weight is 758 g/mol. The van der Waals surface area contributed by atoms with E-state index in [1.165, 1.54) is 20.2 Å². The first kappa shape index (κ1) is 32.7. The van der Waals surface area contributed by atoms with E-state index in [-0.39, 0.29) is 0 Å². The molecule has 58 heavy (non-hydrogen) atoms. The molecule has 0 aliphatic heterocycles. The van der Waals surface area contributed by atoms with E-state index in [1.54, 1.807) is 0 Å². The minimum absolute atomic E-state index is 0.704. The highest BCUT2D eigenvalue weighted by molar-refractivity contribution is 7.25. The number of benzene rings is 8. The summed E-state index contributed by atoms with van der Waals surface area (Å²) in [6, 6.07) is 66.0. The van der Waals surface area contributed by atoms with Crippen LogP contribution >= 0.6 is 11.3 Å². The molecule has 0 spiro atoms. The van der Waals surface area contributed by atoms with Crippen molar-refractivity contribution in [3.63, 3.8) is 0 Å². The van der Waals surface area contributed by atoms with Gasteiger partial charge in [0.2, 0.25) is 0 Å². The van der Waals surface area contributed by atoms with Gasteiger partial charge < -0.3 is 4.42 Å². The first-order valence-electron chi connectivity index (χ1n) is 19.4. The molecule has 0 fully saturated rings. The van der Waals surface area contributed by atoms with E-state index in [0.29, 0.717) is 5.82 Å². The van der Waals surface area contributed by atoms with Crippen molar-refractivity contribution in [1.82, 2.24) is 15.0 Å². The Labute approximate surface area is 337 Å². The molecule has 0 saturated carbocycles. The molecule has 12 rings (SSSR count). The molecular formula is C53H31N3OS. The van der Waals surface area contributed by atoms with Gasteiger partial charge in [0.25, 0.3) is 0 Å². The van der Waals surface area contributed by atoms with Crippen molar-refractivity contribution in [2.45, 2.75) is 0 Å². The van der Waals surface area contributed by atoms with E-state index in [9.17, 15) is 0 Å². The van der Waals surface area contributed by atoms with Crippen molar-refractivity contribution in [3.8, 4) is 56.3 Å². The lowest BCUT2D eigenvalue weighted by Crippen LogP contribution is -1.96. The summed E-state index contributed by atoms with van der Waals surface area (Å²) in [6.45, 7) is 0. The van der Waals surface area contributed by atoms with Gasteiger partial charge in [-0.2, -0.15) is 0 Å². The molecule has 270 valence electrons. The fraction of sp³-hybridized carbons (Fsp3) is 0. The van der Waals surface area contributed by atoms with Crippen molar-refractivity contribution in [1.29, 1.82) is 0 Å². The number of hydrogen-bond acceptors (Lipinski definition) is 5. The van der Waals surface area contributed by atoms with Crippen LogP contribution in [-0.2, 0) is 0 Å². The Morgan fingerprint density at radius 1 is 0.362 bits per heavy atom. The maximum Gasteiger partial charge on any atom is 0.160 e. The van der Waals surface area contributed by atoms with Gasteiger partial charge in [-0.25, -0.2) is 15.0 Å². The molecule has 12 aromatic rings. The van der Waals surface area contributed by atoms with E-state index < -0.39 is 0 Å². The van der Waals surface area contributed by atoms with E-state index >= 15 is 0 Å². The summed E-state index contributed by atoms with van der Waals surface area (Å²) < 4.78 is 8.93. The number of rotatable bonds is 5. The number of aromatic nitrogens is 3. The predicted molar refractivity (Wildman–Crippen MR) is 242 cm³/mol. The second kappa shape index (κ2) is 13.1. The third-order valence-corrected chi connectivity index (χ3v) is 12.4. The fourth-order valence-electron chi connectivity index (χ4n) is 8.57. The molecular weight excluding hydrogens is 727 g/mol. The summed E-state index contributed by atoms with van der Waals surface area (Å²) in [4.78, 5) is 15.6. The van der Waals surface area contributed by atoms with E-state index in [0.717, 1.165) is 94.1 Å². The molecule has 0 radical (unpaired) electrons. The molecule has 0 unspecified atom stereocenters. The lowest BCUT2D eigenvalue weighted by Gasteiger charge is -2.13. The maximum absolute atomic E-state index is 6.40. The number of furan rings is 1. The molecule has 0 bridgehead atoms. The van der Waals surface area contributed by atoms with Crippen LogP contribution < -0.4 is 0 Å². The third-order valence-electron chi connectivity index (χ3n) is 11.3. The summed E-state index contributed by atoms with van der Waals surface area (Å²) in [5.41, 5.74) is 11.9. The van der Waals surface area contributed by atoms with Crippen LogP contribution in [0.2, 0.25) is 0 Å². The van der Waals surface area contributed by atoms with Crippen LogP contribution in [0.4, 0.5) is 0 Å². The van der Waals surface area contributed by atoms with Gasteiger partial charge in [-0.3, -0.25) is 0 Å². The minimum Gasteiger partial charge on any atom is -0.456 e. The molecule has 0 aliphatic rings. The van der Waals surface area contributed by atoms with E-state index in [2.05, 4.69) is 152 Å². The Kier molecular flexibility index (Phi) is 7.37. The quantitative estimate of drug-likeness (QED) is 0.164. The first-order valence-corrected chi connectivity index (χ1v) is 20.2. The molecule has 0 atom stereocenters. The Bertz CT molecular complexity index is 3550. The standard InChI is InChI=1S/C53H31N3OS/c1-3-12-34(13-4-1)52-40-27-29-46-51(38-16-7-9-19-45(38)57-46)50(40)41-30-36(26-28-42(41)54-52)32-22-24-33(25-23-32)43-31-44(56-53(55-43)35-14-5-2-6-15-35)37-18-11-21-48-49(37)39-17-8-10-20-47(39)58-48/h1-31H.